The highest BCUT2D eigenvalue weighted by Gasteiger charge is 2.10. The van der Waals surface area contributed by atoms with Gasteiger partial charge in [0.15, 0.2) is 0 Å². The van der Waals surface area contributed by atoms with E-state index < -0.39 is 0 Å². The number of benzene rings is 2. The number of nitrogens with two attached hydrogens (primary N) is 1. The lowest BCUT2D eigenvalue weighted by atomic mass is 10.2. The molecule has 0 atom stereocenters. The van der Waals surface area contributed by atoms with Gasteiger partial charge < -0.3 is 11.1 Å². The van der Waals surface area contributed by atoms with Gasteiger partial charge in [0.05, 0.1) is 12.2 Å². The molecule has 0 aromatic heterocycles. The van der Waals surface area contributed by atoms with E-state index in [1.165, 1.54) is 0 Å². The molecule has 3 N–H and O–H groups in total. The smallest absolute Gasteiger partial charge is 0.238 e. The maximum atomic E-state index is 12.0. The van der Waals surface area contributed by atoms with Crippen molar-refractivity contribution in [3.63, 3.8) is 0 Å². The fourth-order valence-corrected chi connectivity index (χ4v) is 2.41. The molecule has 0 fully saturated rings. The minimum absolute atomic E-state index is 0.0566. The van der Waals surface area contributed by atoms with E-state index in [0.717, 1.165) is 21.4 Å². The van der Waals surface area contributed by atoms with Gasteiger partial charge in [-0.15, -0.1) is 0 Å². The number of carbonyl (C=O) groups excluding carboxylic acids is 1. The molecule has 0 radical (unpaired) electrons. The van der Waals surface area contributed by atoms with Crippen molar-refractivity contribution >= 4 is 33.2 Å². The van der Waals surface area contributed by atoms with E-state index in [1.54, 1.807) is 0 Å². The zero-order valence-electron chi connectivity index (χ0n) is 11.8. The first-order chi connectivity index (χ1) is 10.1. The molecular formula is C16H18BrN3O. The summed E-state index contributed by atoms with van der Waals surface area (Å²) in [6, 6.07) is 15.2. The number of para-hydroxylation sites is 2. The molecular weight excluding hydrogens is 330 g/mol. The average Bonchev–Trinajstić information content (AvgIpc) is 2.44. The summed E-state index contributed by atoms with van der Waals surface area (Å²) < 4.78 is 0.869. The summed E-state index contributed by atoms with van der Waals surface area (Å²) in [7, 11) is 1.89. The van der Waals surface area contributed by atoms with Crippen LogP contribution >= 0.6 is 15.9 Å². The van der Waals surface area contributed by atoms with Crippen molar-refractivity contribution in [3.05, 3.63) is 58.6 Å². The van der Waals surface area contributed by atoms with Gasteiger partial charge in [0, 0.05) is 16.7 Å². The Balaban J connectivity index is 1.91. The standard InChI is InChI=1S/C16H18BrN3O/c1-20(10-12-6-2-4-8-14(12)18)11-16(21)19-15-9-5-3-7-13(15)17/h2-9H,10-11,18H2,1H3,(H,19,21). The summed E-state index contributed by atoms with van der Waals surface area (Å²) in [6.45, 7) is 0.936. The van der Waals surface area contributed by atoms with Gasteiger partial charge in [0.25, 0.3) is 0 Å². The van der Waals surface area contributed by atoms with Gasteiger partial charge in [-0.1, -0.05) is 30.3 Å². The van der Waals surface area contributed by atoms with Crippen LogP contribution in [0.25, 0.3) is 0 Å². The van der Waals surface area contributed by atoms with E-state index in [-0.39, 0.29) is 5.91 Å². The van der Waals surface area contributed by atoms with Crippen LogP contribution in [-0.2, 0) is 11.3 Å². The van der Waals surface area contributed by atoms with Crippen LogP contribution < -0.4 is 11.1 Å². The third kappa shape index (κ3) is 4.58. The van der Waals surface area contributed by atoms with Gasteiger partial charge in [0.2, 0.25) is 5.91 Å². The normalized spacial score (nSPS) is 10.6. The Morgan fingerprint density at radius 2 is 1.86 bits per heavy atom. The van der Waals surface area contributed by atoms with Crippen LogP contribution in [0.4, 0.5) is 11.4 Å². The summed E-state index contributed by atoms with van der Waals surface area (Å²) in [5.74, 6) is -0.0566. The fourth-order valence-electron chi connectivity index (χ4n) is 2.02. The van der Waals surface area contributed by atoms with Gasteiger partial charge >= 0.3 is 0 Å². The molecule has 21 heavy (non-hydrogen) atoms. The first-order valence-corrected chi connectivity index (χ1v) is 7.42. The molecule has 1 amide bonds. The predicted octanol–water partition coefficient (Wildman–Crippen LogP) is 3.10. The SMILES string of the molecule is CN(CC(=O)Nc1ccccc1Br)Cc1ccccc1N. The number of amides is 1. The number of hydrogen-bond acceptors (Lipinski definition) is 3. The maximum Gasteiger partial charge on any atom is 0.238 e. The first kappa shape index (κ1) is 15.5. The van der Waals surface area contributed by atoms with Crippen molar-refractivity contribution in [3.8, 4) is 0 Å². The van der Waals surface area contributed by atoms with Crippen LogP contribution in [0.5, 0.6) is 0 Å². The van der Waals surface area contributed by atoms with E-state index in [0.29, 0.717) is 13.1 Å². The zero-order valence-corrected chi connectivity index (χ0v) is 13.4. The zero-order chi connectivity index (χ0) is 15.2. The highest BCUT2D eigenvalue weighted by Crippen LogP contribution is 2.21. The maximum absolute atomic E-state index is 12.0. The molecule has 0 spiro atoms. The molecule has 0 unspecified atom stereocenters. The Bertz CT molecular complexity index is 630. The number of nitrogen functional groups attached to an aromatic ring is 1. The molecule has 0 bridgehead atoms. The number of rotatable bonds is 5. The van der Waals surface area contributed by atoms with Crippen LogP contribution in [0.15, 0.2) is 53.0 Å². The van der Waals surface area contributed by atoms with Crippen LogP contribution in [0.2, 0.25) is 0 Å². The molecule has 2 aromatic carbocycles. The quantitative estimate of drug-likeness (QED) is 0.817. The highest BCUT2D eigenvalue weighted by molar-refractivity contribution is 9.10. The first-order valence-electron chi connectivity index (χ1n) is 6.62. The summed E-state index contributed by atoms with van der Waals surface area (Å²) >= 11 is 3.41. The van der Waals surface area contributed by atoms with Crippen molar-refractivity contribution in [1.29, 1.82) is 0 Å². The van der Waals surface area contributed by atoms with Gasteiger partial charge in [-0.2, -0.15) is 0 Å². The lowest BCUT2D eigenvalue weighted by Crippen LogP contribution is -2.30. The summed E-state index contributed by atoms with van der Waals surface area (Å²) in [4.78, 5) is 14.0. The number of nitrogens with one attached hydrogen (secondary N) is 1. The molecule has 0 aliphatic heterocycles. The van der Waals surface area contributed by atoms with Crippen LogP contribution in [-0.4, -0.2) is 24.4 Å². The van der Waals surface area contributed by atoms with Crippen molar-refractivity contribution in [2.75, 3.05) is 24.6 Å². The van der Waals surface area contributed by atoms with E-state index >= 15 is 0 Å². The van der Waals surface area contributed by atoms with E-state index in [4.69, 9.17) is 5.73 Å². The Labute approximate surface area is 133 Å². The van der Waals surface area contributed by atoms with Crippen molar-refractivity contribution in [2.45, 2.75) is 6.54 Å². The van der Waals surface area contributed by atoms with Crippen molar-refractivity contribution in [2.24, 2.45) is 0 Å². The molecule has 0 aliphatic carbocycles. The average molecular weight is 348 g/mol. The Kier molecular flexibility index (Phi) is 5.36. The second kappa shape index (κ2) is 7.24. The molecule has 0 aliphatic rings. The van der Waals surface area contributed by atoms with Crippen molar-refractivity contribution < 1.29 is 4.79 Å². The molecule has 0 saturated heterocycles. The number of nitrogens with zero attached hydrogens (tertiary/aromatic N) is 1. The molecule has 0 saturated carbocycles. The van der Waals surface area contributed by atoms with Crippen LogP contribution in [0.1, 0.15) is 5.56 Å². The topological polar surface area (TPSA) is 58.4 Å². The minimum atomic E-state index is -0.0566. The van der Waals surface area contributed by atoms with E-state index in [9.17, 15) is 4.79 Å². The Hall–Kier alpha value is -1.85. The Morgan fingerprint density at radius 1 is 1.19 bits per heavy atom. The lowest BCUT2D eigenvalue weighted by Gasteiger charge is -2.17. The monoisotopic (exact) mass is 347 g/mol. The predicted molar refractivity (Wildman–Crippen MR) is 90.0 cm³/mol. The second-order valence-electron chi connectivity index (χ2n) is 4.90. The third-order valence-corrected chi connectivity index (χ3v) is 3.75. The fraction of sp³-hybridized carbons (Fsp3) is 0.188. The van der Waals surface area contributed by atoms with E-state index in [2.05, 4.69) is 21.2 Å². The van der Waals surface area contributed by atoms with Gasteiger partial charge in [-0.25, -0.2) is 0 Å². The van der Waals surface area contributed by atoms with Crippen LogP contribution in [0, 0.1) is 0 Å². The number of anilines is 2. The molecule has 110 valence electrons. The van der Waals surface area contributed by atoms with Crippen LogP contribution in [0.3, 0.4) is 0 Å². The largest absolute Gasteiger partial charge is 0.398 e. The van der Waals surface area contributed by atoms with Gasteiger partial charge in [0.1, 0.15) is 0 Å². The number of likely N-dealkylation sites (N-methyl/N-ethyl adjacent to an activating group) is 1. The molecule has 4 nitrogen and oxygen atoms in total. The number of halogens is 1. The van der Waals surface area contributed by atoms with Gasteiger partial charge in [-0.3, -0.25) is 9.69 Å². The van der Waals surface area contributed by atoms with E-state index in [1.807, 2.05) is 60.5 Å². The summed E-state index contributed by atoms with van der Waals surface area (Å²) in [5.41, 5.74) is 8.45. The molecule has 0 heterocycles. The number of carbonyl (C=O) groups is 1. The highest BCUT2D eigenvalue weighted by atomic mass is 79.9. The summed E-state index contributed by atoms with van der Waals surface area (Å²) in [6.07, 6.45) is 0. The molecule has 2 rings (SSSR count). The second-order valence-corrected chi connectivity index (χ2v) is 5.75. The lowest BCUT2D eigenvalue weighted by molar-refractivity contribution is -0.117. The van der Waals surface area contributed by atoms with Gasteiger partial charge in [-0.05, 0) is 46.7 Å². The number of hydrogen-bond donors (Lipinski definition) is 2. The van der Waals surface area contributed by atoms with Crippen molar-refractivity contribution in [1.82, 2.24) is 4.90 Å². The molecule has 5 heteroatoms. The minimum Gasteiger partial charge on any atom is -0.398 e. The molecule has 2 aromatic rings. The third-order valence-electron chi connectivity index (χ3n) is 3.06. The Morgan fingerprint density at radius 3 is 2.57 bits per heavy atom. The summed E-state index contributed by atoms with van der Waals surface area (Å²) in [5, 5.41) is 2.88.